The standard InChI is InChI=1S/C26H30ClN3O6/c1-15(31)25(33)30-12-20(26(3,14-30)16(2)32)18-7-10-21(34-4)22(11-18)35-13-23-28-24(29-36-23)17-5-8-19(27)9-6-17/h5-11,15-16,20,31-32H,12-14H2,1-4H3/t15-,16+,20-,26-/m0/s1. The molecule has 4 rings (SSSR count). The smallest absolute Gasteiger partial charge is 0.264 e. The number of ether oxygens (including phenoxy) is 2. The van der Waals surface area contributed by atoms with Crippen molar-refractivity contribution in [2.45, 2.75) is 45.5 Å². The fourth-order valence-electron chi connectivity index (χ4n) is 4.55. The molecule has 0 radical (unpaired) electrons. The van der Waals surface area contributed by atoms with Crippen LogP contribution in [0.5, 0.6) is 11.5 Å². The van der Waals surface area contributed by atoms with Gasteiger partial charge in [-0.3, -0.25) is 4.79 Å². The molecule has 3 aromatic rings. The second kappa shape index (κ2) is 10.5. The third kappa shape index (κ3) is 5.18. The Morgan fingerprint density at radius 3 is 2.58 bits per heavy atom. The summed E-state index contributed by atoms with van der Waals surface area (Å²) in [5.41, 5.74) is 1.03. The van der Waals surface area contributed by atoms with Crippen molar-refractivity contribution in [3.05, 3.63) is 58.9 Å². The number of nitrogens with zero attached hydrogens (tertiary/aromatic N) is 3. The van der Waals surface area contributed by atoms with Crippen molar-refractivity contribution in [3.63, 3.8) is 0 Å². The van der Waals surface area contributed by atoms with Gasteiger partial charge in [0.05, 0.1) is 13.2 Å². The van der Waals surface area contributed by atoms with Crippen LogP contribution in [0.3, 0.4) is 0 Å². The van der Waals surface area contributed by atoms with Crippen LogP contribution in [0.1, 0.15) is 38.1 Å². The molecule has 0 spiro atoms. The number of carbonyl (C=O) groups excluding carboxylic acids is 1. The average molecular weight is 516 g/mol. The average Bonchev–Trinajstić information content (AvgIpc) is 3.48. The summed E-state index contributed by atoms with van der Waals surface area (Å²) in [5.74, 6) is 1.15. The highest BCUT2D eigenvalue weighted by atomic mass is 35.5. The summed E-state index contributed by atoms with van der Waals surface area (Å²) < 4.78 is 16.8. The van der Waals surface area contributed by atoms with E-state index in [0.29, 0.717) is 35.4 Å². The number of hydrogen-bond donors (Lipinski definition) is 2. The molecule has 4 atom stereocenters. The van der Waals surface area contributed by atoms with Crippen LogP contribution in [0.25, 0.3) is 11.4 Å². The lowest BCUT2D eigenvalue weighted by Gasteiger charge is -2.33. The number of amides is 1. The van der Waals surface area contributed by atoms with Crippen LogP contribution in [0.2, 0.25) is 5.02 Å². The van der Waals surface area contributed by atoms with Crippen molar-refractivity contribution in [2.24, 2.45) is 5.41 Å². The van der Waals surface area contributed by atoms with E-state index in [1.54, 1.807) is 49.3 Å². The molecule has 9 nitrogen and oxygen atoms in total. The number of aliphatic hydroxyl groups excluding tert-OH is 2. The van der Waals surface area contributed by atoms with Crippen molar-refractivity contribution >= 4 is 17.5 Å². The van der Waals surface area contributed by atoms with E-state index in [1.807, 2.05) is 19.1 Å². The lowest BCUT2D eigenvalue weighted by molar-refractivity contribution is -0.138. The van der Waals surface area contributed by atoms with Crippen LogP contribution in [0, 0.1) is 5.41 Å². The van der Waals surface area contributed by atoms with Gasteiger partial charge in [0.15, 0.2) is 18.1 Å². The van der Waals surface area contributed by atoms with Gasteiger partial charge in [0.2, 0.25) is 5.82 Å². The van der Waals surface area contributed by atoms with Crippen molar-refractivity contribution in [1.29, 1.82) is 0 Å². The second-order valence-corrected chi connectivity index (χ2v) is 9.78. The molecule has 2 aromatic carbocycles. The van der Waals surface area contributed by atoms with E-state index in [1.165, 1.54) is 6.92 Å². The molecule has 2 N–H and O–H groups in total. The third-order valence-electron chi connectivity index (χ3n) is 6.87. The molecule has 1 saturated heterocycles. The van der Waals surface area contributed by atoms with Crippen LogP contribution in [0.4, 0.5) is 0 Å². The SMILES string of the molecule is COc1ccc([C@@H]2CN(C(=O)[C@H](C)O)C[C@@]2(C)[C@@H](C)O)cc1OCc1nc(-c2ccc(Cl)cc2)no1. The van der Waals surface area contributed by atoms with E-state index >= 15 is 0 Å². The summed E-state index contributed by atoms with van der Waals surface area (Å²) in [6, 6.07) is 12.6. The monoisotopic (exact) mass is 515 g/mol. The molecule has 1 amide bonds. The van der Waals surface area contributed by atoms with Crippen LogP contribution < -0.4 is 9.47 Å². The Bertz CT molecular complexity index is 1210. The topological polar surface area (TPSA) is 118 Å². The highest BCUT2D eigenvalue weighted by Gasteiger charge is 2.48. The van der Waals surface area contributed by atoms with E-state index in [4.69, 9.17) is 25.6 Å². The Morgan fingerprint density at radius 1 is 1.22 bits per heavy atom. The van der Waals surface area contributed by atoms with E-state index in [0.717, 1.165) is 11.1 Å². The summed E-state index contributed by atoms with van der Waals surface area (Å²) >= 11 is 5.94. The number of benzene rings is 2. The molecule has 1 aliphatic rings. The molecule has 1 fully saturated rings. The quantitative estimate of drug-likeness (QED) is 0.466. The number of methoxy groups -OCH3 is 1. The van der Waals surface area contributed by atoms with Crippen molar-refractivity contribution in [2.75, 3.05) is 20.2 Å². The van der Waals surface area contributed by atoms with Gasteiger partial charge in [-0.05, 0) is 55.8 Å². The zero-order valence-corrected chi connectivity index (χ0v) is 21.4. The molecule has 192 valence electrons. The maximum absolute atomic E-state index is 12.5. The fourth-order valence-corrected chi connectivity index (χ4v) is 4.67. The predicted molar refractivity (Wildman–Crippen MR) is 133 cm³/mol. The Morgan fingerprint density at radius 2 is 1.94 bits per heavy atom. The number of halogens is 1. The first-order chi connectivity index (χ1) is 17.1. The zero-order valence-electron chi connectivity index (χ0n) is 20.6. The summed E-state index contributed by atoms with van der Waals surface area (Å²) in [5, 5.41) is 25.1. The Hall–Kier alpha value is -3.14. The third-order valence-corrected chi connectivity index (χ3v) is 7.12. The summed E-state index contributed by atoms with van der Waals surface area (Å²) in [7, 11) is 1.55. The van der Waals surface area contributed by atoms with E-state index in [2.05, 4.69) is 10.1 Å². The molecule has 2 heterocycles. The lowest BCUT2D eigenvalue weighted by Crippen LogP contribution is -2.40. The maximum Gasteiger partial charge on any atom is 0.264 e. The molecule has 1 aliphatic heterocycles. The number of rotatable bonds is 8. The highest BCUT2D eigenvalue weighted by Crippen LogP contribution is 2.47. The summed E-state index contributed by atoms with van der Waals surface area (Å²) in [6.45, 7) is 5.83. The molecule has 0 aliphatic carbocycles. The van der Waals surface area contributed by atoms with Crippen molar-refractivity contribution in [3.8, 4) is 22.9 Å². The minimum atomic E-state index is -1.11. The summed E-state index contributed by atoms with van der Waals surface area (Å²) in [6.07, 6.45) is -1.80. The molecule has 10 heteroatoms. The zero-order chi connectivity index (χ0) is 26.0. The molecule has 0 unspecified atom stereocenters. The van der Waals surface area contributed by atoms with Gasteiger partial charge < -0.3 is 29.1 Å². The first-order valence-electron chi connectivity index (χ1n) is 11.7. The van der Waals surface area contributed by atoms with E-state index in [-0.39, 0.29) is 24.3 Å². The first-order valence-corrected chi connectivity index (χ1v) is 12.0. The van der Waals surface area contributed by atoms with Gasteiger partial charge in [0.25, 0.3) is 11.8 Å². The van der Waals surface area contributed by atoms with Crippen molar-refractivity contribution < 1.29 is 29.0 Å². The van der Waals surface area contributed by atoms with E-state index in [9.17, 15) is 15.0 Å². The summed E-state index contributed by atoms with van der Waals surface area (Å²) in [4.78, 5) is 18.5. The van der Waals surface area contributed by atoms with Crippen LogP contribution in [-0.2, 0) is 11.4 Å². The minimum Gasteiger partial charge on any atom is -0.493 e. The van der Waals surface area contributed by atoms with Crippen molar-refractivity contribution in [1.82, 2.24) is 15.0 Å². The van der Waals surface area contributed by atoms with Gasteiger partial charge in [-0.15, -0.1) is 0 Å². The van der Waals surface area contributed by atoms with Crippen LogP contribution >= 0.6 is 11.6 Å². The van der Waals surface area contributed by atoms with Gasteiger partial charge in [-0.1, -0.05) is 29.7 Å². The Labute approximate surface area is 214 Å². The molecule has 0 bridgehead atoms. The van der Waals surface area contributed by atoms with Crippen LogP contribution in [0.15, 0.2) is 47.0 Å². The van der Waals surface area contributed by atoms with Gasteiger partial charge >= 0.3 is 0 Å². The minimum absolute atomic E-state index is 0.0192. The fraction of sp³-hybridized carbons (Fsp3) is 0.423. The van der Waals surface area contributed by atoms with Gasteiger partial charge in [-0.2, -0.15) is 4.98 Å². The number of carbonyl (C=O) groups is 1. The van der Waals surface area contributed by atoms with Crippen LogP contribution in [-0.4, -0.2) is 63.6 Å². The molecule has 36 heavy (non-hydrogen) atoms. The predicted octanol–water partition coefficient (Wildman–Crippen LogP) is 3.67. The lowest BCUT2D eigenvalue weighted by atomic mass is 9.72. The normalized spacial score (nSPS) is 21.3. The molecular formula is C26H30ClN3O6. The highest BCUT2D eigenvalue weighted by molar-refractivity contribution is 6.30. The Kier molecular flexibility index (Phi) is 7.54. The maximum atomic E-state index is 12.5. The number of aliphatic hydroxyl groups is 2. The van der Waals surface area contributed by atoms with E-state index < -0.39 is 17.6 Å². The van der Waals surface area contributed by atoms with Gasteiger partial charge in [0.1, 0.15) is 6.10 Å². The number of aromatic nitrogens is 2. The number of hydrogen-bond acceptors (Lipinski definition) is 8. The Balaban J connectivity index is 1.56. The molecule has 1 aromatic heterocycles. The molecule has 0 saturated carbocycles. The second-order valence-electron chi connectivity index (χ2n) is 9.35. The number of likely N-dealkylation sites (tertiary alicyclic amines) is 1. The molecular weight excluding hydrogens is 486 g/mol. The van der Waals surface area contributed by atoms with Gasteiger partial charge in [0, 0.05) is 35.0 Å². The van der Waals surface area contributed by atoms with Gasteiger partial charge in [-0.25, -0.2) is 0 Å². The first kappa shape index (κ1) is 25.9. The largest absolute Gasteiger partial charge is 0.493 e.